The first kappa shape index (κ1) is 77.3. The summed E-state index contributed by atoms with van der Waals surface area (Å²) in [6.07, 6.45) is 98.0. The zero-order valence-electron chi connectivity index (χ0n) is 53.6. The van der Waals surface area contributed by atoms with Gasteiger partial charge < -0.3 is 14.6 Å². The summed E-state index contributed by atoms with van der Waals surface area (Å²) in [5.41, 5.74) is 0. The molecule has 0 aliphatic rings. The predicted molar refractivity (Wildman–Crippen MR) is 353 cm³/mol. The van der Waals surface area contributed by atoms with E-state index in [2.05, 4.69) is 86.8 Å². The van der Waals surface area contributed by atoms with Crippen molar-refractivity contribution in [3.8, 4) is 0 Å². The van der Waals surface area contributed by atoms with Gasteiger partial charge in [0.15, 0.2) is 6.10 Å². The summed E-state index contributed by atoms with van der Waals surface area (Å²) in [6.45, 7) is 4.08. The predicted octanol–water partition coefficient (Wildman–Crippen LogP) is 24.7. The highest BCUT2D eigenvalue weighted by molar-refractivity contribution is 5.70. The van der Waals surface area contributed by atoms with Crippen LogP contribution in [0.1, 0.15) is 373 Å². The molecule has 466 valence electrons. The van der Waals surface area contributed by atoms with Crippen molar-refractivity contribution in [2.24, 2.45) is 0 Å². The first-order valence-corrected chi connectivity index (χ1v) is 35.5. The van der Waals surface area contributed by atoms with Gasteiger partial charge in [-0.05, 0) is 64.2 Å². The summed E-state index contributed by atoms with van der Waals surface area (Å²) in [5.74, 6) is -0.568. The number of hydrogen-bond acceptors (Lipinski definition) is 5. The Morgan fingerprint density at radius 1 is 0.300 bits per heavy atom. The largest absolute Gasteiger partial charge is 0.462 e. The lowest BCUT2D eigenvalue weighted by atomic mass is 10.0. The molecule has 0 fully saturated rings. The van der Waals surface area contributed by atoms with Crippen LogP contribution in [0.5, 0.6) is 0 Å². The molecule has 0 bridgehead atoms. The van der Waals surface area contributed by atoms with Crippen molar-refractivity contribution < 1.29 is 24.2 Å². The van der Waals surface area contributed by atoms with Crippen molar-refractivity contribution in [2.45, 2.75) is 380 Å². The first-order valence-electron chi connectivity index (χ1n) is 35.5. The molecule has 0 aromatic carbocycles. The lowest BCUT2D eigenvalue weighted by Gasteiger charge is -2.15. The lowest BCUT2D eigenvalue weighted by molar-refractivity contribution is -0.161. The van der Waals surface area contributed by atoms with Crippen LogP contribution in [-0.4, -0.2) is 36.4 Å². The van der Waals surface area contributed by atoms with Crippen LogP contribution in [0.3, 0.4) is 0 Å². The van der Waals surface area contributed by atoms with Crippen molar-refractivity contribution in [3.63, 3.8) is 0 Å². The van der Waals surface area contributed by atoms with Crippen LogP contribution in [0.25, 0.3) is 0 Å². The standard InChI is InChI=1S/C75H136O5/c1-3-5-7-9-11-13-15-17-19-21-23-25-27-29-31-32-33-34-35-36-37-38-39-40-41-42-44-46-48-50-52-54-56-58-60-62-64-66-68-70-75(78)80-73(71-76)72-79-74(77)69-67-65-63-61-59-57-55-53-51-49-47-45-43-30-28-26-24-22-20-18-16-14-12-10-8-6-4-2/h5,7,11,13,17,19,23,25,29,31,33-34,73,76H,3-4,6,8-10,12,14-16,18,20-22,24,26-28,30,32,35-72H2,1-2H3/b7-5-,13-11-,19-17-,25-23-,31-29-,34-33-. The quantitative estimate of drug-likeness (QED) is 0.0373. The molecule has 0 aliphatic heterocycles. The number of carbonyl (C=O) groups is 2. The molecule has 0 heterocycles. The summed E-state index contributed by atoms with van der Waals surface area (Å²) in [6, 6.07) is 0. The van der Waals surface area contributed by atoms with Crippen LogP contribution < -0.4 is 0 Å². The average Bonchev–Trinajstić information content (AvgIpc) is 3.46. The normalized spacial score (nSPS) is 12.6. The lowest BCUT2D eigenvalue weighted by Crippen LogP contribution is -2.28. The van der Waals surface area contributed by atoms with E-state index in [1.54, 1.807) is 0 Å². The van der Waals surface area contributed by atoms with Crippen molar-refractivity contribution in [3.05, 3.63) is 72.9 Å². The van der Waals surface area contributed by atoms with E-state index in [-0.39, 0.29) is 25.2 Å². The Labute approximate surface area is 499 Å². The second-order valence-corrected chi connectivity index (χ2v) is 23.9. The third-order valence-corrected chi connectivity index (χ3v) is 16.0. The second kappa shape index (κ2) is 70.6. The molecule has 0 amide bonds. The number of ether oxygens (including phenoxy) is 2. The van der Waals surface area contributed by atoms with E-state index in [4.69, 9.17) is 9.47 Å². The zero-order chi connectivity index (χ0) is 57.6. The van der Waals surface area contributed by atoms with Crippen LogP contribution in [0.4, 0.5) is 0 Å². The minimum atomic E-state index is -0.771. The summed E-state index contributed by atoms with van der Waals surface area (Å²) in [5, 5.41) is 9.70. The van der Waals surface area contributed by atoms with Crippen LogP contribution in [-0.2, 0) is 19.1 Å². The Hall–Kier alpha value is -2.66. The van der Waals surface area contributed by atoms with Gasteiger partial charge in [-0.25, -0.2) is 0 Å². The number of carbonyl (C=O) groups excluding carboxylic acids is 2. The van der Waals surface area contributed by atoms with Crippen molar-refractivity contribution >= 4 is 11.9 Å². The fourth-order valence-corrected chi connectivity index (χ4v) is 10.7. The van der Waals surface area contributed by atoms with Gasteiger partial charge in [0.2, 0.25) is 0 Å². The summed E-state index contributed by atoms with van der Waals surface area (Å²) in [7, 11) is 0. The van der Waals surface area contributed by atoms with E-state index in [0.717, 1.165) is 70.6 Å². The van der Waals surface area contributed by atoms with Gasteiger partial charge in [-0.3, -0.25) is 9.59 Å². The minimum absolute atomic E-state index is 0.0605. The molecule has 80 heavy (non-hydrogen) atoms. The molecule has 5 nitrogen and oxygen atoms in total. The maximum atomic E-state index is 12.4. The average molecular weight is 1120 g/mol. The Morgan fingerprint density at radius 2 is 0.537 bits per heavy atom. The third kappa shape index (κ3) is 67.8. The number of hydrogen-bond donors (Lipinski definition) is 1. The molecule has 5 heteroatoms. The fraction of sp³-hybridized carbons (Fsp3) is 0.813. The van der Waals surface area contributed by atoms with Gasteiger partial charge in [0, 0.05) is 12.8 Å². The molecule has 1 N–H and O–H groups in total. The molecule has 0 spiro atoms. The van der Waals surface area contributed by atoms with Crippen LogP contribution >= 0.6 is 0 Å². The smallest absolute Gasteiger partial charge is 0.306 e. The number of unbranched alkanes of at least 4 members (excludes halogenated alkanes) is 46. The molecule has 0 aliphatic carbocycles. The molecule has 1 atom stereocenters. The highest BCUT2D eigenvalue weighted by Crippen LogP contribution is 2.19. The topological polar surface area (TPSA) is 72.8 Å². The monoisotopic (exact) mass is 1120 g/mol. The Kier molecular flexibility index (Phi) is 68.3. The van der Waals surface area contributed by atoms with Gasteiger partial charge in [0.05, 0.1) is 6.61 Å². The van der Waals surface area contributed by atoms with E-state index >= 15 is 0 Å². The SMILES string of the molecule is CC/C=C\C/C=C\C/C=C\C/C=C\C/C=C\C/C=C\CCCCCCCCCCCCCCCCCCCCCCC(=O)OC(CO)COC(=O)CCCCCCCCCCCCCCCCCCCCCCCCCCCCC. The summed E-state index contributed by atoms with van der Waals surface area (Å²) >= 11 is 0. The number of esters is 2. The molecule has 0 rings (SSSR count). The van der Waals surface area contributed by atoms with E-state index in [0.29, 0.717) is 12.8 Å². The highest BCUT2D eigenvalue weighted by atomic mass is 16.6. The van der Waals surface area contributed by atoms with Gasteiger partial charge >= 0.3 is 11.9 Å². The van der Waals surface area contributed by atoms with E-state index in [9.17, 15) is 14.7 Å². The molecule has 1 unspecified atom stereocenters. The molecule has 0 saturated heterocycles. The molecule has 0 radical (unpaired) electrons. The number of aliphatic hydroxyl groups excluding tert-OH is 1. The van der Waals surface area contributed by atoms with Gasteiger partial charge in [-0.2, -0.15) is 0 Å². The first-order chi connectivity index (χ1) is 39.6. The van der Waals surface area contributed by atoms with Gasteiger partial charge in [0.1, 0.15) is 6.61 Å². The summed E-state index contributed by atoms with van der Waals surface area (Å²) < 4.78 is 10.8. The fourth-order valence-electron chi connectivity index (χ4n) is 10.7. The van der Waals surface area contributed by atoms with Crippen LogP contribution in [0.2, 0.25) is 0 Å². The van der Waals surface area contributed by atoms with Crippen LogP contribution in [0, 0.1) is 0 Å². The van der Waals surface area contributed by atoms with Crippen molar-refractivity contribution in [1.82, 2.24) is 0 Å². The van der Waals surface area contributed by atoms with Crippen molar-refractivity contribution in [2.75, 3.05) is 13.2 Å². The Bertz CT molecular complexity index is 1400. The minimum Gasteiger partial charge on any atom is -0.462 e. The number of aliphatic hydroxyl groups is 1. The van der Waals surface area contributed by atoms with Gasteiger partial charge in [0.25, 0.3) is 0 Å². The Morgan fingerprint density at radius 3 is 0.812 bits per heavy atom. The van der Waals surface area contributed by atoms with E-state index < -0.39 is 6.10 Å². The van der Waals surface area contributed by atoms with Crippen molar-refractivity contribution in [1.29, 1.82) is 0 Å². The highest BCUT2D eigenvalue weighted by Gasteiger charge is 2.16. The second-order valence-electron chi connectivity index (χ2n) is 23.9. The Balaban J connectivity index is 3.41. The van der Waals surface area contributed by atoms with Gasteiger partial charge in [-0.15, -0.1) is 0 Å². The van der Waals surface area contributed by atoms with Crippen LogP contribution in [0.15, 0.2) is 72.9 Å². The van der Waals surface area contributed by atoms with E-state index in [1.165, 1.54) is 276 Å². The van der Waals surface area contributed by atoms with Gasteiger partial charge in [-0.1, -0.05) is 369 Å². The molecular weight excluding hydrogens is 981 g/mol. The maximum Gasteiger partial charge on any atom is 0.306 e. The summed E-state index contributed by atoms with van der Waals surface area (Å²) in [4.78, 5) is 24.7. The maximum absolute atomic E-state index is 12.4. The molecular formula is C75H136O5. The molecule has 0 aromatic rings. The zero-order valence-corrected chi connectivity index (χ0v) is 53.6. The number of rotatable bonds is 66. The molecule has 0 aromatic heterocycles. The molecule has 0 saturated carbocycles. The number of allylic oxidation sites excluding steroid dienone is 12. The third-order valence-electron chi connectivity index (χ3n) is 16.0. The van der Waals surface area contributed by atoms with E-state index in [1.807, 2.05) is 0 Å².